The molecule has 0 unspecified atom stereocenters. The smallest absolute Gasteiger partial charge is 0.410 e. The van der Waals surface area contributed by atoms with Crippen LogP contribution in [0.3, 0.4) is 0 Å². The predicted molar refractivity (Wildman–Crippen MR) is 148 cm³/mol. The third kappa shape index (κ3) is 8.09. The molecule has 0 aromatic heterocycles. The summed E-state index contributed by atoms with van der Waals surface area (Å²) in [6.45, 7) is 3.06. The van der Waals surface area contributed by atoms with E-state index in [1.165, 1.54) is 22.6 Å². The highest BCUT2D eigenvalue weighted by atomic mass is 19.1. The molecule has 3 aromatic rings. The Hall–Kier alpha value is -3.82. The van der Waals surface area contributed by atoms with Crippen molar-refractivity contribution in [2.24, 2.45) is 0 Å². The summed E-state index contributed by atoms with van der Waals surface area (Å²) in [5, 5.41) is 17.1. The fourth-order valence-corrected chi connectivity index (χ4v) is 4.92. The highest BCUT2D eigenvalue weighted by Gasteiger charge is 2.37. The van der Waals surface area contributed by atoms with Crippen LogP contribution in [0.5, 0.6) is 5.75 Å². The van der Waals surface area contributed by atoms with Gasteiger partial charge in [0.15, 0.2) is 0 Å². The Kier molecular flexibility index (Phi) is 10.2. The van der Waals surface area contributed by atoms with Gasteiger partial charge in [-0.2, -0.15) is 0 Å². The van der Waals surface area contributed by atoms with Gasteiger partial charge in [0.05, 0.1) is 12.1 Å². The van der Waals surface area contributed by atoms with E-state index in [9.17, 15) is 23.5 Å². The lowest BCUT2D eigenvalue weighted by Gasteiger charge is -2.29. The van der Waals surface area contributed by atoms with Gasteiger partial charge in [0, 0.05) is 25.7 Å². The number of carbonyl (C=O) groups is 2. The molecule has 7 nitrogen and oxygen atoms in total. The van der Waals surface area contributed by atoms with Gasteiger partial charge in [-0.05, 0) is 66.6 Å². The Labute approximate surface area is 233 Å². The van der Waals surface area contributed by atoms with Gasteiger partial charge in [0.1, 0.15) is 23.4 Å². The molecule has 1 heterocycles. The zero-order chi connectivity index (χ0) is 28.5. The Morgan fingerprint density at radius 1 is 1.00 bits per heavy atom. The number of halogens is 2. The van der Waals surface area contributed by atoms with Crippen LogP contribution in [0.2, 0.25) is 0 Å². The largest absolute Gasteiger partial charge is 0.415 e. The molecule has 3 aromatic carbocycles. The first-order valence-corrected chi connectivity index (χ1v) is 13.6. The van der Waals surface area contributed by atoms with E-state index in [0.29, 0.717) is 37.2 Å². The zero-order valence-electron chi connectivity index (χ0n) is 22.5. The van der Waals surface area contributed by atoms with Crippen LogP contribution in [0.15, 0.2) is 72.8 Å². The Morgan fingerprint density at radius 3 is 2.45 bits per heavy atom. The van der Waals surface area contributed by atoms with E-state index < -0.39 is 41.8 Å². The van der Waals surface area contributed by atoms with Crippen LogP contribution in [-0.4, -0.2) is 53.3 Å². The van der Waals surface area contributed by atoms with E-state index >= 15 is 0 Å². The summed E-state index contributed by atoms with van der Waals surface area (Å²) in [5.74, 6) is -1.57. The van der Waals surface area contributed by atoms with Crippen LogP contribution in [0.1, 0.15) is 36.5 Å². The molecule has 0 saturated carbocycles. The first-order chi connectivity index (χ1) is 19.3. The summed E-state index contributed by atoms with van der Waals surface area (Å²) in [4.78, 5) is 27.6. The number of hydrogen-bond donors (Lipinski definition) is 3. The normalized spacial score (nSPS) is 16.4. The first-order valence-electron chi connectivity index (χ1n) is 13.6. The van der Waals surface area contributed by atoms with Crippen molar-refractivity contribution in [2.75, 3.05) is 13.1 Å². The maximum Gasteiger partial charge on any atom is 0.415 e. The molecule has 4 rings (SSSR count). The number of likely N-dealkylation sites (tertiary alicyclic amines) is 1. The second-order valence-corrected chi connectivity index (χ2v) is 10.0. The molecule has 0 aliphatic carbocycles. The van der Waals surface area contributed by atoms with E-state index in [4.69, 9.17) is 4.74 Å². The van der Waals surface area contributed by atoms with E-state index in [-0.39, 0.29) is 13.0 Å². The topological polar surface area (TPSA) is 90.9 Å². The van der Waals surface area contributed by atoms with Crippen LogP contribution >= 0.6 is 0 Å². The van der Waals surface area contributed by atoms with Gasteiger partial charge >= 0.3 is 6.09 Å². The van der Waals surface area contributed by atoms with Crippen LogP contribution in [0.25, 0.3) is 0 Å². The minimum Gasteiger partial charge on any atom is -0.410 e. The molecule has 212 valence electrons. The van der Waals surface area contributed by atoms with Crippen molar-refractivity contribution in [1.29, 1.82) is 0 Å². The van der Waals surface area contributed by atoms with Crippen molar-refractivity contribution >= 4 is 12.0 Å². The van der Waals surface area contributed by atoms with Gasteiger partial charge < -0.3 is 20.5 Å². The number of carbonyl (C=O) groups excluding carboxylic acids is 2. The lowest BCUT2D eigenvalue weighted by atomic mass is 9.99. The van der Waals surface area contributed by atoms with Crippen molar-refractivity contribution in [2.45, 2.75) is 57.3 Å². The minimum atomic E-state index is -1.07. The van der Waals surface area contributed by atoms with Crippen LogP contribution in [-0.2, 0) is 24.2 Å². The van der Waals surface area contributed by atoms with Crippen molar-refractivity contribution < 1.29 is 28.2 Å². The van der Waals surface area contributed by atoms with Gasteiger partial charge in [0.25, 0.3) is 0 Å². The predicted octanol–water partition coefficient (Wildman–Crippen LogP) is 4.37. The number of aryl methyl sites for hydroxylation is 1. The number of amides is 2. The molecule has 9 heteroatoms. The molecule has 3 N–H and O–H groups in total. The van der Waals surface area contributed by atoms with Crippen molar-refractivity contribution in [1.82, 2.24) is 15.5 Å². The van der Waals surface area contributed by atoms with Crippen molar-refractivity contribution in [3.05, 3.63) is 101 Å². The lowest BCUT2D eigenvalue weighted by Crippen LogP contribution is -2.54. The van der Waals surface area contributed by atoms with Crippen LogP contribution < -0.4 is 15.4 Å². The summed E-state index contributed by atoms with van der Waals surface area (Å²) < 4.78 is 33.2. The zero-order valence-corrected chi connectivity index (χ0v) is 22.5. The highest BCUT2D eigenvalue weighted by molar-refractivity contribution is 5.87. The summed E-state index contributed by atoms with van der Waals surface area (Å²) in [5.41, 5.74) is 2.55. The highest BCUT2D eigenvalue weighted by Crippen LogP contribution is 2.21. The molecule has 40 heavy (non-hydrogen) atoms. The van der Waals surface area contributed by atoms with E-state index in [0.717, 1.165) is 18.1 Å². The third-order valence-corrected chi connectivity index (χ3v) is 6.99. The van der Waals surface area contributed by atoms with Gasteiger partial charge in [0.2, 0.25) is 5.91 Å². The Morgan fingerprint density at radius 2 is 1.73 bits per heavy atom. The first kappa shape index (κ1) is 29.2. The fraction of sp³-hybridized carbons (Fsp3) is 0.355. The summed E-state index contributed by atoms with van der Waals surface area (Å²) in [6.07, 6.45) is 0.239. The van der Waals surface area contributed by atoms with E-state index in [1.54, 1.807) is 30.3 Å². The molecule has 2 amide bonds. The number of aliphatic hydroxyl groups is 1. The quantitative estimate of drug-likeness (QED) is 0.329. The maximum absolute atomic E-state index is 13.9. The van der Waals surface area contributed by atoms with E-state index in [1.807, 2.05) is 18.2 Å². The SMILES string of the molecule is CCc1cccc(CNC[C@H](O)[C@H](Cc2cc(F)cc(F)c2)NC(=O)[C@@H]2CCCN2C(=O)Oc2ccccc2)c1. The molecule has 3 atom stereocenters. The van der Waals surface area contributed by atoms with Gasteiger partial charge in [-0.15, -0.1) is 0 Å². The number of aliphatic hydroxyl groups excluding tert-OH is 1. The number of nitrogens with one attached hydrogen (secondary N) is 2. The monoisotopic (exact) mass is 551 g/mol. The fourth-order valence-electron chi connectivity index (χ4n) is 4.92. The van der Waals surface area contributed by atoms with Gasteiger partial charge in [-0.3, -0.25) is 9.69 Å². The average Bonchev–Trinajstić information content (AvgIpc) is 3.43. The number of nitrogens with zero attached hydrogens (tertiary/aromatic N) is 1. The van der Waals surface area contributed by atoms with Gasteiger partial charge in [-0.25, -0.2) is 13.6 Å². The number of hydrogen-bond acceptors (Lipinski definition) is 5. The van der Waals surface area contributed by atoms with E-state index in [2.05, 4.69) is 23.6 Å². The molecular weight excluding hydrogens is 516 g/mol. The number of ether oxygens (including phenoxy) is 1. The molecule has 1 aliphatic heterocycles. The summed E-state index contributed by atoms with van der Waals surface area (Å²) in [6, 6.07) is 18.1. The Bertz CT molecular complexity index is 1270. The second-order valence-electron chi connectivity index (χ2n) is 10.0. The summed E-state index contributed by atoms with van der Waals surface area (Å²) >= 11 is 0. The number of rotatable bonds is 11. The third-order valence-electron chi connectivity index (χ3n) is 6.99. The van der Waals surface area contributed by atoms with Crippen molar-refractivity contribution in [3.8, 4) is 5.75 Å². The molecule has 0 radical (unpaired) electrons. The molecule has 1 saturated heterocycles. The minimum absolute atomic E-state index is 0.00420. The molecule has 1 aliphatic rings. The Balaban J connectivity index is 1.43. The average molecular weight is 552 g/mol. The summed E-state index contributed by atoms with van der Waals surface area (Å²) in [7, 11) is 0. The lowest BCUT2D eigenvalue weighted by molar-refractivity contribution is -0.126. The molecule has 0 bridgehead atoms. The second kappa shape index (κ2) is 14.0. The van der Waals surface area contributed by atoms with Gasteiger partial charge in [-0.1, -0.05) is 49.4 Å². The standard InChI is InChI=1S/C31H35F2N3O4/c1-2-21-8-6-9-22(14-21)19-34-20-29(37)27(17-23-15-24(32)18-25(33)16-23)35-30(38)28-12-7-13-36(28)31(39)40-26-10-4-3-5-11-26/h3-6,8-11,14-16,18,27-29,34,37H,2,7,12-13,17,19-20H2,1H3,(H,35,38)/t27-,28-,29-/m0/s1. The van der Waals surface area contributed by atoms with Crippen molar-refractivity contribution in [3.63, 3.8) is 0 Å². The molecule has 0 spiro atoms. The van der Waals surface area contributed by atoms with Crippen LogP contribution in [0, 0.1) is 11.6 Å². The molecular formula is C31H35F2N3O4. The molecule has 1 fully saturated rings. The maximum atomic E-state index is 13.9. The number of para-hydroxylation sites is 1. The van der Waals surface area contributed by atoms with Crippen LogP contribution in [0.4, 0.5) is 13.6 Å². The number of benzene rings is 3.